The Kier molecular flexibility index (Phi) is 5.57. The van der Waals surface area contributed by atoms with Crippen molar-refractivity contribution in [3.8, 4) is 11.4 Å². The minimum absolute atomic E-state index is 0.107. The third kappa shape index (κ3) is 4.08. The number of nitrogens with one attached hydrogen (secondary N) is 2. The maximum Gasteiger partial charge on any atom is 0.251 e. The molecule has 2 aromatic carbocycles. The molecule has 0 unspecified atom stereocenters. The van der Waals surface area contributed by atoms with Gasteiger partial charge in [-0.05, 0) is 62.8 Å². The zero-order valence-corrected chi connectivity index (χ0v) is 17.6. The molecule has 0 fully saturated rings. The Morgan fingerprint density at radius 2 is 2.07 bits per heavy atom. The number of carbonyl (C=O) groups is 1. The number of nitrogens with zero attached hydrogens (tertiary/aromatic N) is 3. The van der Waals surface area contributed by atoms with E-state index in [-0.39, 0.29) is 5.91 Å². The van der Waals surface area contributed by atoms with Crippen LogP contribution in [-0.4, -0.2) is 52.9 Å². The monoisotopic (exact) mass is 422 g/mol. The Morgan fingerprint density at radius 1 is 1.23 bits per heavy atom. The Balaban J connectivity index is 1.65. The highest BCUT2D eigenvalue weighted by atomic mass is 35.5. The zero-order chi connectivity index (χ0) is 21.3. The number of anilines is 1. The summed E-state index contributed by atoms with van der Waals surface area (Å²) >= 11 is 6.20. The number of nitrogens with two attached hydrogens (primary N) is 1. The molecular weight excluding hydrogens is 400 g/mol. The Morgan fingerprint density at radius 3 is 2.87 bits per heavy atom. The van der Waals surface area contributed by atoms with Gasteiger partial charge in [0.25, 0.3) is 5.91 Å². The first kappa shape index (κ1) is 20.1. The van der Waals surface area contributed by atoms with Gasteiger partial charge in [0.1, 0.15) is 11.6 Å². The summed E-state index contributed by atoms with van der Waals surface area (Å²) in [5, 5.41) is 5.35. The molecule has 4 N–H and O–H groups in total. The van der Waals surface area contributed by atoms with Crippen LogP contribution in [0, 0.1) is 0 Å². The number of benzene rings is 2. The highest BCUT2D eigenvalue weighted by molar-refractivity contribution is 6.31. The molecule has 30 heavy (non-hydrogen) atoms. The number of fused-ring (bicyclic) bond motifs is 2. The summed E-state index contributed by atoms with van der Waals surface area (Å²) in [6.07, 6.45) is 2.61. The lowest BCUT2D eigenvalue weighted by Crippen LogP contribution is -2.27. The SMILES string of the molecule is CN(C)CCCNC(=O)c1ccc2nc(-c3c(N)ncc4ccc(Cl)cc34)[nH]c2c1. The third-order valence-corrected chi connectivity index (χ3v) is 5.17. The van der Waals surface area contributed by atoms with Crippen LogP contribution < -0.4 is 11.1 Å². The number of rotatable bonds is 6. The molecule has 8 heteroatoms. The minimum atomic E-state index is -0.107. The molecule has 7 nitrogen and oxygen atoms in total. The largest absolute Gasteiger partial charge is 0.383 e. The number of aromatic nitrogens is 3. The fourth-order valence-corrected chi connectivity index (χ4v) is 3.59. The van der Waals surface area contributed by atoms with Crippen LogP contribution in [0.2, 0.25) is 5.02 Å². The summed E-state index contributed by atoms with van der Waals surface area (Å²) < 4.78 is 0. The van der Waals surface area contributed by atoms with Crippen LogP contribution in [0.15, 0.2) is 42.6 Å². The lowest BCUT2D eigenvalue weighted by atomic mass is 10.1. The molecule has 0 aliphatic heterocycles. The van der Waals surface area contributed by atoms with E-state index in [1.807, 2.05) is 38.4 Å². The van der Waals surface area contributed by atoms with Crippen LogP contribution in [-0.2, 0) is 0 Å². The van der Waals surface area contributed by atoms with Crippen LogP contribution in [0.5, 0.6) is 0 Å². The summed E-state index contributed by atoms with van der Waals surface area (Å²) in [7, 11) is 4.02. The van der Waals surface area contributed by atoms with Gasteiger partial charge in [0, 0.05) is 28.7 Å². The number of halogens is 1. The molecule has 0 bridgehead atoms. The van der Waals surface area contributed by atoms with Crippen molar-refractivity contribution < 1.29 is 4.79 Å². The maximum absolute atomic E-state index is 12.5. The van der Waals surface area contributed by atoms with E-state index in [2.05, 4.69) is 25.2 Å². The van der Waals surface area contributed by atoms with Crippen LogP contribution in [0.3, 0.4) is 0 Å². The van der Waals surface area contributed by atoms with E-state index in [9.17, 15) is 4.79 Å². The van der Waals surface area contributed by atoms with E-state index in [0.717, 1.165) is 34.8 Å². The topological polar surface area (TPSA) is 99.9 Å². The number of carbonyl (C=O) groups excluding carboxylic acids is 1. The van der Waals surface area contributed by atoms with Gasteiger partial charge < -0.3 is 20.9 Å². The molecule has 0 spiro atoms. The first-order valence-electron chi connectivity index (χ1n) is 9.69. The average Bonchev–Trinajstić information content (AvgIpc) is 3.13. The zero-order valence-electron chi connectivity index (χ0n) is 16.9. The second-order valence-electron chi connectivity index (χ2n) is 7.48. The number of aromatic amines is 1. The predicted octanol–water partition coefficient (Wildman–Crippen LogP) is 3.70. The number of H-pyrrole nitrogens is 1. The van der Waals surface area contributed by atoms with Gasteiger partial charge in [0.2, 0.25) is 0 Å². The van der Waals surface area contributed by atoms with Gasteiger partial charge in [-0.15, -0.1) is 0 Å². The molecule has 0 atom stereocenters. The Labute approximate surface area is 179 Å². The second kappa shape index (κ2) is 8.30. The van der Waals surface area contributed by atoms with Crippen molar-refractivity contribution in [2.24, 2.45) is 0 Å². The normalized spacial score (nSPS) is 11.5. The molecule has 0 saturated heterocycles. The number of hydrogen-bond acceptors (Lipinski definition) is 5. The van der Waals surface area contributed by atoms with Gasteiger partial charge in [-0.3, -0.25) is 4.79 Å². The highest BCUT2D eigenvalue weighted by Gasteiger charge is 2.15. The number of imidazole rings is 1. The number of nitrogen functional groups attached to an aromatic ring is 1. The van der Waals surface area contributed by atoms with E-state index in [1.165, 1.54) is 0 Å². The molecule has 2 aromatic heterocycles. The number of pyridine rings is 1. The predicted molar refractivity (Wildman–Crippen MR) is 122 cm³/mol. The van der Waals surface area contributed by atoms with Gasteiger partial charge >= 0.3 is 0 Å². The number of hydrogen-bond donors (Lipinski definition) is 3. The molecule has 0 saturated carbocycles. The van der Waals surface area contributed by atoms with Gasteiger partial charge in [-0.1, -0.05) is 17.7 Å². The summed E-state index contributed by atoms with van der Waals surface area (Å²) in [5.41, 5.74) is 8.95. The van der Waals surface area contributed by atoms with Gasteiger partial charge in [-0.25, -0.2) is 9.97 Å². The first-order valence-corrected chi connectivity index (χ1v) is 10.1. The van der Waals surface area contributed by atoms with E-state index < -0.39 is 0 Å². The van der Waals surface area contributed by atoms with Gasteiger partial charge in [0.15, 0.2) is 0 Å². The molecule has 4 aromatic rings. The van der Waals surface area contributed by atoms with Crippen molar-refractivity contribution in [1.29, 1.82) is 0 Å². The first-order chi connectivity index (χ1) is 14.4. The van der Waals surface area contributed by atoms with Crippen molar-refractivity contribution in [1.82, 2.24) is 25.2 Å². The van der Waals surface area contributed by atoms with Crippen LogP contribution >= 0.6 is 11.6 Å². The van der Waals surface area contributed by atoms with Crippen molar-refractivity contribution in [3.63, 3.8) is 0 Å². The highest BCUT2D eigenvalue weighted by Crippen LogP contribution is 2.33. The lowest BCUT2D eigenvalue weighted by molar-refractivity contribution is 0.0952. The van der Waals surface area contributed by atoms with Crippen molar-refractivity contribution in [3.05, 3.63) is 53.2 Å². The second-order valence-corrected chi connectivity index (χ2v) is 7.92. The quantitative estimate of drug-likeness (QED) is 0.411. The standard InChI is InChI=1S/C22H23ClN6O/c1-29(2)9-3-8-25-22(30)13-5-7-17-18(10-13)28-21(27-17)19-16-11-15(23)6-4-14(16)12-26-20(19)24/h4-7,10-12H,3,8-9H2,1-2H3,(H2,24,26)(H,25,30)(H,27,28). The summed E-state index contributed by atoms with van der Waals surface area (Å²) in [6, 6.07) is 11.0. The molecule has 154 valence electrons. The fourth-order valence-electron chi connectivity index (χ4n) is 3.42. The molecule has 1 amide bonds. The van der Waals surface area contributed by atoms with Gasteiger partial charge in [-0.2, -0.15) is 0 Å². The maximum atomic E-state index is 12.5. The molecule has 4 rings (SSSR count). The van der Waals surface area contributed by atoms with E-state index in [1.54, 1.807) is 18.3 Å². The Hall–Kier alpha value is -3.16. The molecular formula is C22H23ClN6O. The summed E-state index contributed by atoms with van der Waals surface area (Å²) in [5.74, 6) is 0.846. The van der Waals surface area contributed by atoms with E-state index in [4.69, 9.17) is 17.3 Å². The average molecular weight is 423 g/mol. The molecule has 0 radical (unpaired) electrons. The van der Waals surface area contributed by atoms with Crippen molar-refractivity contribution in [2.45, 2.75) is 6.42 Å². The van der Waals surface area contributed by atoms with Crippen molar-refractivity contribution >= 4 is 45.1 Å². The van der Waals surface area contributed by atoms with Crippen LogP contribution in [0.25, 0.3) is 33.2 Å². The van der Waals surface area contributed by atoms with Crippen LogP contribution in [0.4, 0.5) is 5.82 Å². The summed E-state index contributed by atoms with van der Waals surface area (Å²) in [4.78, 5) is 26.8. The minimum Gasteiger partial charge on any atom is -0.383 e. The molecule has 0 aliphatic rings. The smallest absolute Gasteiger partial charge is 0.251 e. The van der Waals surface area contributed by atoms with Gasteiger partial charge in [0.05, 0.1) is 16.6 Å². The Bertz CT molecular complexity index is 1230. The van der Waals surface area contributed by atoms with E-state index >= 15 is 0 Å². The molecule has 0 aliphatic carbocycles. The van der Waals surface area contributed by atoms with Crippen molar-refractivity contribution in [2.75, 3.05) is 32.9 Å². The van der Waals surface area contributed by atoms with Crippen LogP contribution in [0.1, 0.15) is 16.8 Å². The van der Waals surface area contributed by atoms with E-state index in [0.29, 0.717) is 34.3 Å². The number of amides is 1. The molecule has 2 heterocycles. The lowest BCUT2D eigenvalue weighted by Gasteiger charge is -2.09. The summed E-state index contributed by atoms with van der Waals surface area (Å²) in [6.45, 7) is 1.55. The fraction of sp³-hybridized carbons (Fsp3) is 0.227. The third-order valence-electron chi connectivity index (χ3n) is 4.93.